The van der Waals surface area contributed by atoms with E-state index in [0.29, 0.717) is 13.1 Å². The average molecular weight is 322 g/mol. The number of rotatable bonds is 3. The van der Waals surface area contributed by atoms with Crippen LogP contribution in [0.1, 0.15) is 39.0 Å². The van der Waals surface area contributed by atoms with Crippen molar-refractivity contribution in [2.75, 3.05) is 26.2 Å². The smallest absolute Gasteiger partial charge is 0.383 e. The van der Waals surface area contributed by atoms with Crippen LogP contribution in [-0.2, 0) is 4.79 Å². The highest BCUT2D eigenvalue weighted by atomic mass is 19.4. The van der Waals surface area contributed by atoms with Crippen molar-refractivity contribution in [1.29, 1.82) is 0 Å². The monoisotopic (exact) mass is 322 g/mol. The molecule has 2 saturated heterocycles. The molecule has 22 heavy (non-hydrogen) atoms. The zero-order valence-electron chi connectivity index (χ0n) is 13.0. The molecule has 0 radical (unpaired) electrons. The Morgan fingerprint density at radius 3 is 2.14 bits per heavy atom. The molecule has 0 bridgehead atoms. The highest BCUT2D eigenvalue weighted by Crippen LogP contribution is 2.32. The summed E-state index contributed by atoms with van der Waals surface area (Å²) in [4.78, 5) is 16.2. The van der Waals surface area contributed by atoms with E-state index in [1.807, 2.05) is 16.7 Å². The third-order valence-electron chi connectivity index (χ3n) is 4.93. The summed E-state index contributed by atoms with van der Waals surface area (Å²) in [5.41, 5.74) is 0. The van der Waals surface area contributed by atoms with Gasteiger partial charge in [0.15, 0.2) is 6.10 Å². The Morgan fingerprint density at radius 2 is 1.64 bits per heavy atom. The maximum Gasteiger partial charge on any atom is 0.414 e. The summed E-state index contributed by atoms with van der Waals surface area (Å²) in [5.74, 6) is -0.678. The summed E-state index contributed by atoms with van der Waals surface area (Å²) in [6, 6.07) is -0.290. The minimum absolute atomic E-state index is 0.0783. The van der Waals surface area contributed by atoms with Gasteiger partial charge in [-0.1, -0.05) is 0 Å². The van der Waals surface area contributed by atoms with Gasteiger partial charge < -0.3 is 10.0 Å². The van der Waals surface area contributed by atoms with Crippen molar-refractivity contribution in [2.24, 2.45) is 5.92 Å². The van der Waals surface area contributed by atoms with Crippen molar-refractivity contribution in [3.63, 3.8) is 0 Å². The lowest BCUT2D eigenvalue weighted by Crippen LogP contribution is -2.52. The van der Waals surface area contributed by atoms with E-state index in [9.17, 15) is 23.1 Å². The van der Waals surface area contributed by atoms with Crippen LogP contribution in [0.3, 0.4) is 0 Å². The SMILES string of the molecule is CC(C(=O)N1CCCCC1)N1CCC(C(O)C(F)(F)F)CC1. The number of aliphatic hydroxyl groups excluding tert-OH is 1. The molecule has 1 amide bonds. The zero-order chi connectivity index (χ0) is 16.3. The molecule has 2 fully saturated rings. The zero-order valence-corrected chi connectivity index (χ0v) is 13.0. The van der Waals surface area contributed by atoms with E-state index in [2.05, 4.69) is 0 Å². The minimum atomic E-state index is -4.55. The summed E-state index contributed by atoms with van der Waals surface area (Å²) in [6.07, 6.45) is -3.04. The van der Waals surface area contributed by atoms with Crippen LogP contribution in [0.15, 0.2) is 0 Å². The van der Waals surface area contributed by atoms with Crippen LogP contribution >= 0.6 is 0 Å². The Hall–Kier alpha value is -0.820. The van der Waals surface area contributed by atoms with Crippen molar-refractivity contribution in [2.45, 2.75) is 57.3 Å². The molecule has 2 atom stereocenters. The maximum absolute atomic E-state index is 12.5. The van der Waals surface area contributed by atoms with E-state index < -0.39 is 18.2 Å². The molecular weight excluding hydrogens is 297 g/mol. The number of amides is 1. The lowest BCUT2D eigenvalue weighted by atomic mass is 9.90. The first-order chi connectivity index (χ1) is 10.3. The van der Waals surface area contributed by atoms with Crippen LogP contribution in [0.5, 0.6) is 0 Å². The van der Waals surface area contributed by atoms with Gasteiger partial charge in [-0.05, 0) is 58.0 Å². The molecule has 0 aromatic heterocycles. The second kappa shape index (κ2) is 7.17. The van der Waals surface area contributed by atoms with Gasteiger partial charge in [0.2, 0.25) is 5.91 Å². The Bertz CT molecular complexity index is 375. The predicted octanol–water partition coefficient (Wildman–Crippen LogP) is 2.02. The normalized spacial score (nSPS) is 25.0. The van der Waals surface area contributed by atoms with E-state index in [4.69, 9.17) is 0 Å². The second-order valence-corrected chi connectivity index (χ2v) is 6.42. The summed E-state index contributed by atoms with van der Waals surface area (Å²) in [7, 11) is 0. The lowest BCUT2D eigenvalue weighted by Gasteiger charge is -2.39. The Kier molecular flexibility index (Phi) is 5.71. The van der Waals surface area contributed by atoms with E-state index in [1.54, 1.807) is 0 Å². The molecule has 1 N–H and O–H groups in total. The number of hydrogen-bond acceptors (Lipinski definition) is 3. The molecule has 128 valence electrons. The topological polar surface area (TPSA) is 43.8 Å². The van der Waals surface area contributed by atoms with Crippen LogP contribution in [0.4, 0.5) is 13.2 Å². The average Bonchev–Trinajstić information content (AvgIpc) is 2.53. The number of halogens is 3. The molecule has 4 nitrogen and oxygen atoms in total. The second-order valence-electron chi connectivity index (χ2n) is 6.42. The van der Waals surface area contributed by atoms with Gasteiger partial charge in [0.05, 0.1) is 6.04 Å². The molecular formula is C15H25F3N2O2. The van der Waals surface area contributed by atoms with Gasteiger partial charge in [0.25, 0.3) is 0 Å². The molecule has 7 heteroatoms. The minimum Gasteiger partial charge on any atom is -0.383 e. The third kappa shape index (κ3) is 4.13. The first-order valence-corrected chi connectivity index (χ1v) is 8.08. The third-order valence-corrected chi connectivity index (χ3v) is 4.93. The molecule has 2 rings (SSSR count). The first-order valence-electron chi connectivity index (χ1n) is 8.08. The molecule has 2 heterocycles. The Morgan fingerprint density at radius 1 is 1.09 bits per heavy atom. The van der Waals surface area contributed by atoms with E-state index in [-0.39, 0.29) is 24.8 Å². The molecule has 0 aliphatic carbocycles. The number of carbonyl (C=O) groups excluding carboxylic acids is 1. The number of alkyl halides is 3. The summed E-state index contributed by atoms with van der Waals surface area (Å²) >= 11 is 0. The fourth-order valence-corrected chi connectivity index (χ4v) is 3.42. The Balaban J connectivity index is 1.84. The van der Waals surface area contributed by atoms with Crippen molar-refractivity contribution in [3.8, 4) is 0 Å². The number of aliphatic hydroxyl groups is 1. The molecule has 0 aromatic carbocycles. The van der Waals surface area contributed by atoms with Gasteiger partial charge in [0, 0.05) is 13.1 Å². The van der Waals surface area contributed by atoms with E-state index in [1.165, 1.54) is 0 Å². The largest absolute Gasteiger partial charge is 0.414 e. The molecule has 2 aliphatic rings. The summed E-state index contributed by atoms with van der Waals surface area (Å²) in [6.45, 7) is 4.26. The first kappa shape index (κ1) is 17.5. The Labute approximate surface area is 129 Å². The van der Waals surface area contributed by atoms with Crippen LogP contribution < -0.4 is 0 Å². The highest BCUT2D eigenvalue weighted by Gasteiger charge is 2.44. The fourth-order valence-electron chi connectivity index (χ4n) is 3.42. The predicted molar refractivity (Wildman–Crippen MR) is 76.3 cm³/mol. The molecule has 2 unspecified atom stereocenters. The quantitative estimate of drug-likeness (QED) is 0.864. The standard InChI is InChI=1S/C15H25F3N2O2/c1-11(14(22)20-7-3-2-4-8-20)19-9-5-12(6-10-19)13(21)15(16,17)18/h11-13,21H,2-10H2,1H3. The number of carbonyl (C=O) groups is 1. The molecule has 0 spiro atoms. The fraction of sp³-hybridized carbons (Fsp3) is 0.933. The van der Waals surface area contributed by atoms with E-state index >= 15 is 0 Å². The van der Waals surface area contributed by atoms with Gasteiger partial charge in [-0.2, -0.15) is 13.2 Å². The number of nitrogens with zero attached hydrogens (tertiary/aromatic N) is 2. The van der Waals surface area contributed by atoms with Crippen molar-refractivity contribution in [1.82, 2.24) is 9.80 Å². The van der Waals surface area contributed by atoms with Crippen LogP contribution in [0.2, 0.25) is 0 Å². The van der Waals surface area contributed by atoms with Crippen molar-refractivity contribution >= 4 is 5.91 Å². The van der Waals surface area contributed by atoms with Gasteiger partial charge >= 0.3 is 6.18 Å². The number of hydrogen-bond donors (Lipinski definition) is 1. The van der Waals surface area contributed by atoms with Crippen molar-refractivity contribution in [3.05, 3.63) is 0 Å². The molecule has 2 aliphatic heterocycles. The number of likely N-dealkylation sites (tertiary alicyclic amines) is 2. The highest BCUT2D eigenvalue weighted by molar-refractivity contribution is 5.81. The summed E-state index contributed by atoms with van der Waals surface area (Å²) < 4.78 is 37.6. The molecule has 0 aromatic rings. The maximum atomic E-state index is 12.5. The number of piperidine rings is 2. The van der Waals surface area contributed by atoms with E-state index in [0.717, 1.165) is 32.4 Å². The molecule has 0 saturated carbocycles. The van der Waals surface area contributed by atoms with Gasteiger partial charge in [-0.3, -0.25) is 9.69 Å². The van der Waals surface area contributed by atoms with Crippen molar-refractivity contribution < 1.29 is 23.1 Å². The van der Waals surface area contributed by atoms with Crippen LogP contribution in [-0.4, -0.2) is 65.3 Å². The lowest BCUT2D eigenvalue weighted by molar-refractivity contribution is -0.223. The van der Waals surface area contributed by atoms with Crippen LogP contribution in [0.25, 0.3) is 0 Å². The van der Waals surface area contributed by atoms with Gasteiger partial charge in [-0.15, -0.1) is 0 Å². The summed E-state index contributed by atoms with van der Waals surface area (Å²) in [5, 5.41) is 9.33. The van der Waals surface area contributed by atoms with Gasteiger partial charge in [-0.25, -0.2) is 0 Å². The van der Waals surface area contributed by atoms with Crippen LogP contribution in [0, 0.1) is 5.92 Å². The van der Waals surface area contributed by atoms with Gasteiger partial charge in [0.1, 0.15) is 0 Å².